The number of thioether (sulfide) groups is 2. The van der Waals surface area contributed by atoms with Gasteiger partial charge in [0.15, 0.2) is 0 Å². The molecule has 3 rings (SSSR count). The summed E-state index contributed by atoms with van der Waals surface area (Å²) in [7, 11) is 0. The lowest BCUT2D eigenvalue weighted by molar-refractivity contribution is 0.208. The Morgan fingerprint density at radius 3 is 2.85 bits per heavy atom. The number of thiocarbonyl (C=S) groups is 1. The lowest BCUT2D eigenvalue weighted by Gasteiger charge is -2.37. The molecule has 0 amide bonds. The van der Waals surface area contributed by atoms with Crippen molar-refractivity contribution in [3.63, 3.8) is 0 Å². The minimum atomic E-state index is 0.834. The van der Waals surface area contributed by atoms with Crippen LogP contribution in [0.1, 0.15) is 18.4 Å². The summed E-state index contributed by atoms with van der Waals surface area (Å²) >= 11 is 9.47. The molecule has 0 radical (unpaired) electrons. The topological polar surface area (TPSA) is 6.48 Å². The summed E-state index contributed by atoms with van der Waals surface area (Å²) in [5.74, 6) is 2.40. The highest BCUT2D eigenvalue weighted by atomic mass is 32.2. The van der Waals surface area contributed by atoms with Gasteiger partial charge >= 0.3 is 0 Å². The van der Waals surface area contributed by atoms with E-state index in [4.69, 9.17) is 12.2 Å². The molecule has 0 spiro atoms. The van der Waals surface area contributed by atoms with Crippen molar-refractivity contribution in [2.75, 3.05) is 24.8 Å². The third-order valence-corrected chi connectivity index (χ3v) is 6.69. The SMILES string of the molecule is S=C1SCN(CC2CCCS2)CN1Cc1ccccc1. The molecule has 5 heteroatoms. The summed E-state index contributed by atoms with van der Waals surface area (Å²) < 4.78 is 1.05. The number of benzene rings is 1. The van der Waals surface area contributed by atoms with Gasteiger partial charge in [0.25, 0.3) is 0 Å². The lowest BCUT2D eigenvalue weighted by atomic mass is 10.2. The average molecular weight is 325 g/mol. The van der Waals surface area contributed by atoms with Crippen molar-refractivity contribution in [3.05, 3.63) is 35.9 Å². The molecule has 1 aromatic rings. The van der Waals surface area contributed by atoms with Crippen LogP contribution in [0.4, 0.5) is 0 Å². The van der Waals surface area contributed by atoms with Gasteiger partial charge in [-0.1, -0.05) is 54.3 Å². The Balaban J connectivity index is 1.57. The summed E-state index contributed by atoms with van der Waals surface area (Å²) in [6.45, 7) is 3.13. The van der Waals surface area contributed by atoms with Gasteiger partial charge in [0.1, 0.15) is 4.32 Å². The van der Waals surface area contributed by atoms with E-state index in [0.29, 0.717) is 0 Å². The molecule has 1 atom stereocenters. The molecule has 108 valence electrons. The maximum Gasteiger partial charge on any atom is 0.138 e. The van der Waals surface area contributed by atoms with Crippen LogP contribution >= 0.6 is 35.7 Å². The Hall–Kier alpha value is -0.230. The zero-order chi connectivity index (χ0) is 13.8. The first-order chi connectivity index (χ1) is 9.81. The van der Waals surface area contributed by atoms with Crippen LogP contribution in [0.15, 0.2) is 30.3 Å². The van der Waals surface area contributed by atoms with Crippen LogP contribution in [0.25, 0.3) is 0 Å². The molecule has 0 saturated carbocycles. The van der Waals surface area contributed by atoms with E-state index in [-0.39, 0.29) is 0 Å². The highest BCUT2D eigenvalue weighted by molar-refractivity contribution is 8.22. The molecule has 2 saturated heterocycles. The average Bonchev–Trinajstić information content (AvgIpc) is 2.97. The third-order valence-electron chi connectivity index (χ3n) is 3.70. The van der Waals surface area contributed by atoms with Crippen molar-refractivity contribution in [2.24, 2.45) is 0 Å². The van der Waals surface area contributed by atoms with Gasteiger partial charge in [-0.25, -0.2) is 0 Å². The molecule has 2 aliphatic rings. The predicted molar refractivity (Wildman–Crippen MR) is 94.1 cm³/mol. The second-order valence-electron chi connectivity index (χ2n) is 5.35. The Labute approximate surface area is 135 Å². The monoisotopic (exact) mass is 324 g/mol. The Bertz CT molecular complexity index is 446. The van der Waals surface area contributed by atoms with Gasteiger partial charge in [-0.2, -0.15) is 11.8 Å². The van der Waals surface area contributed by atoms with E-state index >= 15 is 0 Å². The van der Waals surface area contributed by atoms with E-state index in [2.05, 4.69) is 51.9 Å². The van der Waals surface area contributed by atoms with Gasteiger partial charge in [-0.3, -0.25) is 4.90 Å². The lowest BCUT2D eigenvalue weighted by Crippen LogP contribution is -2.46. The maximum absolute atomic E-state index is 5.52. The number of rotatable bonds is 4. The first kappa shape index (κ1) is 14.7. The molecule has 0 N–H and O–H groups in total. The molecular formula is C15H20N2S3. The Morgan fingerprint density at radius 2 is 2.10 bits per heavy atom. The Kier molecular flexibility index (Phi) is 5.26. The minimum absolute atomic E-state index is 0.834. The molecule has 2 fully saturated rings. The fourth-order valence-corrected chi connectivity index (χ4v) is 5.06. The van der Waals surface area contributed by atoms with E-state index in [9.17, 15) is 0 Å². The standard InChI is InChI=1S/C15H20N2S3/c18-15-17(9-13-5-2-1-3-6-13)11-16(12-20-15)10-14-7-4-8-19-14/h1-3,5-6,14H,4,7-12H2. The number of nitrogens with zero attached hydrogens (tertiary/aromatic N) is 2. The van der Waals surface area contributed by atoms with Crippen molar-refractivity contribution in [1.82, 2.24) is 9.80 Å². The van der Waals surface area contributed by atoms with Crippen LogP contribution < -0.4 is 0 Å². The predicted octanol–water partition coefficient (Wildman–Crippen LogP) is 3.63. The largest absolute Gasteiger partial charge is 0.340 e. The zero-order valence-corrected chi connectivity index (χ0v) is 14.0. The molecule has 0 aromatic heterocycles. The van der Waals surface area contributed by atoms with Gasteiger partial charge in [-0.05, 0) is 24.2 Å². The van der Waals surface area contributed by atoms with Crippen molar-refractivity contribution < 1.29 is 0 Å². The van der Waals surface area contributed by atoms with Crippen LogP contribution in [0.3, 0.4) is 0 Å². The van der Waals surface area contributed by atoms with Crippen LogP contribution in [0, 0.1) is 0 Å². The second kappa shape index (κ2) is 7.16. The van der Waals surface area contributed by atoms with E-state index in [1.165, 1.54) is 30.7 Å². The van der Waals surface area contributed by atoms with E-state index in [1.807, 2.05) is 11.8 Å². The smallest absolute Gasteiger partial charge is 0.138 e. The zero-order valence-electron chi connectivity index (χ0n) is 11.5. The molecule has 2 heterocycles. The molecular weight excluding hydrogens is 304 g/mol. The van der Waals surface area contributed by atoms with Crippen LogP contribution in [-0.4, -0.2) is 44.2 Å². The summed E-state index contributed by atoms with van der Waals surface area (Å²) in [6, 6.07) is 10.6. The minimum Gasteiger partial charge on any atom is -0.340 e. The summed E-state index contributed by atoms with van der Waals surface area (Å²) in [6.07, 6.45) is 2.78. The molecule has 0 aliphatic carbocycles. The number of hydrogen-bond acceptors (Lipinski definition) is 4. The van der Waals surface area contributed by atoms with E-state index in [1.54, 1.807) is 0 Å². The van der Waals surface area contributed by atoms with Crippen LogP contribution in [0.2, 0.25) is 0 Å². The molecule has 20 heavy (non-hydrogen) atoms. The number of hydrogen-bond donors (Lipinski definition) is 0. The Morgan fingerprint density at radius 1 is 1.25 bits per heavy atom. The highest BCUT2D eigenvalue weighted by Gasteiger charge is 2.25. The molecule has 2 aliphatic heterocycles. The first-order valence-corrected chi connectivity index (χ1v) is 9.55. The molecule has 1 unspecified atom stereocenters. The molecule has 1 aromatic carbocycles. The quantitative estimate of drug-likeness (QED) is 0.778. The maximum atomic E-state index is 5.52. The summed E-state index contributed by atoms with van der Waals surface area (Å²) in [5.41, 5.74) is 1.34. The fraction of sp³-hybridized carbons (Fsp3) is 0.533. The third kappa shape index (κ3) is 3.91. The van der Waals surface area contributed by atoms with Crippen molar-refractivity contribution in [1.29, 1.82) is 0 Å². The second-order valence-corrected chi connectivity index (χ2v) is 8.34. The van der Waals surface area contributed by atoms with Crippen molar-refractivity contribution in [3.8, 4) is 0 Å². The van der Waals surface area contributed by atoms with Crippen molar-refractivity contribution >= 4 is 40.1 Å². The summed E-state index contributed by atoms with van der Waals surface area (Å²) in [5, 5.41) is 0.834. The van der Waals surface area contributed by atoms with Gasteiger partial charge in [0.2, 0.25) is 0 Å². The van der Waals surface area contributed by atoms with E-state index in [0.717, 1.165) is 28.7 Å². The fourth-order valence-electron chi connectivity index (χ4n) is 2.68. The van der Waals surface area contributed by atoms with E-state index < -0.39 is 0 Å². The molecule has 2 nitrogen and oxygen atoms in total. The van der Waals surface area contributed by atoms with Crippen molar-refractivity contribution in [2.45, 2.75) is 24.6 Å². The normalized spacial score (nSPS) is 24.3. The van der Waals surface area contributed by atoms with Gasteiger partial charge in [0, 0.05) is 18.3 Å². The summed E-state index contributed by atoms with van der Waals surface area (Å²) in [4.78, 5) is 4.88. The highest BCUT2D eigenvalue weighted by Crippen LogP contribution is 2.29. The van der Waals surface area contributed by atoms with Crippen LogP contribution in [-0.2, 0) is 6.54 Å². The van der Waals surface area contributed by atoms with Crippen LogP contribution in [0.5, 0.6) is 0 Å². The van der Waals surface area contributed by atoms with Gasteiger partial charge < -0.3 is 4.90 Å². The first-order valence-electron chi connectivity index (χ1n) is 7.11. The van der Waals surface area contributed by atoms with Gasteiger partial charge in [0.05, 0.1) is 12.5 Å². The molecule has 0 bridgehead atoms. The van der Waals surface area contributed by atoms with Gasteiger partial charge in [-0.15, -0.1) is 0 Å².